The molecule has 2 aliphatic rings. The summed E-state index contributed by atoms with van der Waals surface area (Å²) in [6, 6.07) is 0. The minimum absolute atomic E-state index is 0.431. The standard InChI is InChI=1S/C17H30O14/c1-6(20)29-7(4-27-16-14(25)12(23)10(21)8(2-18)30-16)5-28-17-15(26)13(24)11(22)9(3-19)31-17/h7-19,21-26H,2-5H2,1H3/t7?,8-,9+,10+,11-,12+,13-,14-,15+,16?,17?. The Hall–Kier alpha value is -1.01. The maximum atomic E-state index is 11.4. The molecule has 2 fully saturated rings. The highest BCUT2D eigenvalue weighted by molar-refractivity contribution is 5.66. The molecule has 0 aromatic heterocycles. The van der Waals surface area contributed by atoms with Crippen LogP contribution in [0.3, 0.4) is 0 Å². The molecule has 0 aromatic rings. The Morgan fingerprint density at radius 2 is 1.13 bits per heavy atom. The molecule has 14 heteroatoms. The normalized spacial score (nSPS) is 42.2. The van der Waals surface area contributed by atoms with E-state index < -0.39 is 99.9 Å². The number of hydrogen-bond donors (Lipinski definition) is 8. The number of carbonyl (C=O) groups is 1. The van der Waals surface area contributed by atoms with Crippen LogP contribution < -0.4 is 0 Å². The lowest BCUT2D eigenvalue weighted by atomic mass is 9.99. The van der Waals surface area contributed by atoms with Crippen LogP contribution in [0.4, 0.5) is 0 Å². The van der Waals surface area contributed by atoms with Crippen LogP contribution in [0.1, 0.15) is 6.92 Å². The van der Waals surface area contributed by atoms with Crippen molar-refractivity contribution in [3.8, 4) is 0 Å². The first-order valence-corrected chi connectivity index (χ1v) is 9.62. The second-order valence-corrected chi connectivity index (χ2v) is 7.29. The molecule has 0 bridgehead atoms. The summed E-state index contributed by atoms with van der Waals surface area (Å²) in [4.78, 5) is 11.4. The number of aliphatic hydroxyl groups excluding tert-OH is 8. The van der Waals surface area contributed by atoms with E-state index in [-0.39, 0.29) is 0 Å². The minimum atomic E-state index is -1.66. The summed E-state index contributed by atoms with van der Waals surface area (Å²) in [5.74, 6) is -0.722. The summed E-state index contributed by atoms with van der Waals surface area (Å²) >= 11 is 0. The number of esters is 1. The molecular formula is C17H30O14. The first-order valence-electron chi connectivity index (χ1n) is 9.62. The maximum absolute atomic E-state index is 11.4. The summed E-state index contributed by atoms with van der Waals surface area (Å²) in [6.07, 6.45) is -16.2. The fourth-order valence-electron chi connectivity index (χ4n) is 3.17. The zero-order valence-electron chi connectivity index (χ0n) is 16.7. The van der Waals surface area contributed by atoms with E-state index in [0.717, 1.165) is 6.92 Å². The molecule has 2 rings (SSSR count). The number of aliphatic hydroxyl groups is 8. The van der Waals surface area contributed by atoms with Crippen LogP contribution in [0, 0.1) is 0 Å². The van der Waals surface area contributed by atoms with Crippen molar-refractivity contribution in [2.75, 3.05) is 26.4 Å². The highest BCUT2D eigenvalue weighted by Gasteiger charge is 2.45. The highest BCUT2D eigenvalue weighted by Crippen LogP contribution is 2.24. The molecule has 8 N–H and O–H groups in total. The van der Waals surface area contributed by atoms with Crippen molar-refractivity contribution in [1.82, 2.24) is 0 Å². The van der Waals surface area contributed by atoms with Crippen molar-refractivity contribution in [2.45, 2.75) is 74.4 Å². The number of carbonyl (C=O) groups excluding carboxylic acids is 1. The van der Waals surface area contributed by atoms with Crippen molar-refractivity contribution < 1.29 is 69.3 Å². The third kappa shape index (κ3) is 6.50. The van der Waals surface area contributed by atoms with Gasteiger partial charge in [-0.15, -0.1) is 0 Å². The van der Waals surface area contributed by atoms with Gasteiger partial charge in [-0.25, -0.2) is 0 Å². The number of rotatable bonds is 9. The van der Waals surface area contributed by atoms with Gasteiger partial charge in [-0.2, -0.15) is 0 Å². The topological polar surface area (TPSA) is 225 Å². The Bertz CT molecular complexity index is 519. The Balaban J connectivity index is 1.95. The van der Waals surface area contributed by atoms with Crippen LogP contribution in [-0.2, 0) is 28.5 Å². The number of hydrogen-bond acceptors (Lipinski definition) is 14. The molecule has 3 unspecified atom stereocenters. The lowest BCUT2D eigenvalue weighted by Crippen LogP contribution is -2.60. The van der Waals surface area contributed by atoms with Gasteiger partial charge >= 0.3 is 5.97 Å². The van der Waals surface area contributed by atoms with E-state index in [1.165, 1.54) is 0 Å². The van der Waals surface area contributed by atoms with Gasteiger partial charge in [0.05, 0.1) is 26.4 Å². The van der Waals surface area contributed by atoms with Crippen molar-refractivity contribution in [2.24, 2.45) is 0 Å². The van der Waals surface area contributed by atoms with Crippen molar-refractivity contribution >= 4 is 5.97 Å². The van der Waals surface area contributed by atoms with Crippen molar-refractivity contribution in [1.29, 1.82) is 0 Å². The van der Waals surface area contributed by atoms with Crippen molar-refractivity contribution in [3.63, 3.8) is 0 Å². The fourth-order valence-corrected chi connectivity index (χ4v) is 3.17. The van der Waals surface area contributed by atoms with Crippen LogP contribution in [0.15, 0.2) is 0 Å². The first-order chi connectivity index (χ1) is 14.6. The third-order valence-corrected chi connectivity index (χ3v) is 4.92. The Morgan fingerprint density at radius 3 is 1.45 bits per heavy atom. The summed E-state index contributed by atoms with van der Waals surface area (Å²) in [5.41, 5.74) is 0. The van der Waals surface area contributed by atoms with Crippen LogP contribution in [0.25, 0.3) is 0 Å². The average molecular weight is 458 g/mol. The smallest absolute Gasteiger partial charge is 0.303 e. The summed E-state index contributed by atoms with van der Waals surface area (Å²) in [6.45, 7) is -1.06. The molecule has 11 atom stereocenters. The molecule has 0 radical (unpaired) electrons. The summed E-state index contributed by atoms with van der Waals surface area (Å²) in [5, 5.41) is 77.5. The molecule has 0 spiro atoms. The SMILES string of the molecule is CC(=O)OC(COC1O[C@@H](CO)[C@@H](O)[C@@H](O)[C@@H]1O)COC1O[C@H](CO)[C@H](O)[C@H](O)[C@H]1O. The van der Waals surface area contributed by atoms with Crippen molar-refractivity contribution in [3.05, 3.63) is 0 Å². The first kappa shape index (κ1) is 26.2. The van der Waals surface area contributed by atoms with Crippen LogP contribution in [-0.4, -0.2) is 141 Å². The van der Waals surface area contributed by atoms with Gasteiger partial charge in [-0.05, 0) is 0 Å². The Morgan fingerprint density at radius 1 is 0.742 bits per heavy atom. The van der Waals surface area contributed by atoms with Gasteiger partial charge in [0.1, 0.15) is 54.9 Å². The van der Waals surface area contributed by atoms with Crippen LogP contribution >= 0.6 is 0 Å². The van der Waals surface area contributed by atoms with E-state index in [1.54, 1.807) is 0 Å². The second kappa shape index (κ2) is 11.7. The van der Waals surface area contributed by atoms with Crippen LogP contribution in [0.2, 0.25) is 0 Å². The van der Waals surface area contributed by atoms with Gasteiger partial charge in [-0.1, -0.05) is 0 Å². The zero-order valence-corrected chi connectivity index (χ0v) is 16.7. The quantitative estimate of drug-likeness (QED) is 0.151. The molecule has 0 aromatic carbocycles. The molecule has 2 saturated heterocycles. The maximum Gasteiger partial charge on any atom is 0.303 e. The molecule has 0 saturated carbocycles. The van der Waals surface area contributed by atoms with E-state index in [0.29, 0.717) is 0 Å². The molecular weight excluding hydrogens is 428 g/mol. The zero-order chi connectivity index (χ0) is 23.3. The highest BCUT2D eigenvalue weighted by atomic mass is 16.7. The summed E-state index contributed by atoms with van der Waals surface area (Å²) in [7, 11) is 0. The molecule has 2 heterocycles. The van der Waals surface area contributed by atoms with E-state index >= 15 is 0 Å². The molecule has 31 heavy (non-hydrogen) atoms. The van der Waals surface area contributed by atoms with Gasteiger partial charge in [-0.3, -0.25) is 4.79 Å². The van der Waals surface area contributed by atoms with Gasteiger partial charge in [0, 0.05) is 6.92 Å². The molecule has 0 aliphatic carbocycles. The largest absolute Gasteiger partial charge is 0.458 e. The third-order valence-electron chi connectivity index (χ3n) is 4.92. The fraction of sp³-hybridized carbons (Fsp3) is 0.941. The van der Waals surface area contributed by atoms with E-state index in [1.807, 2.05) is 0 Å². The summed E-state index contributed by atoms with van der Waals surface area (Å²) < 4.78 is 26.0. The Labute approximate surface area is 177 Å². The lowest BCUT2D eigenvalue weighted by Gasteiger charge is -2.40. The van der Waals surface area contributed by atoms with Gasteiger partial charge in [0.2, 0.25) is 0 Å². The average Bonchev–Trinajstić information content (AvgIpc) is 2.74. The Kier molecular flexibility index (Phi) is 9.94. The molecule has 14 nitrogen and oxygen atoms in total. The molecule has 0 amide bonds. The van der Waals surface area contributed by atoms with Gasteiger partial charge in [0.25, 0.3) is 0 Å². The minimum Gasteiger partial charge on any atom is -0.458 e. The lowest BCUT2D eigenvalue weighted by molar-refractivity contribution is -0.315. The monoisotopic (exact) mass is 458 g/mol. The van der Waals surface area contributed by atoms with E-state index in [9.17, 15) is 45.6 Å². The molecule has 2 aliphatic heterocycles. The predicted molar refractivity (Wildman–Crippen MR) is 95.0 cm³/mol. The number of ether oxygens (including phenoxy) is 5. The van der Waals surface area contributed by atoms with E-state index in [2.05, 4.69) is 0 Å². The van der Waals surface area contributed by atoms with E-state index in [4.69, 9.17) is 23.7 Å². The second-order valence-electron chi connectivity index (χ2n) is 7.29. The van der Waals surface area contributed by atoms with Gasteiger partial charge in [0.15, 0.2) is 12.6 Å². The van der Waals surface area contributed by atoms with Gasteiger partial charge < -0.3 is 64.5 Å². The van der Waals surface area contributed by atoms with Crippen LogP contribution in [0.5, 0.6) is 0 Å². The molecule has 182 valence electrons. The predicted octanol–water partition coefficient (Wildman–Crippen LogP) is -5.45.